The van der Waals surface area contributed by atoms with E-state index in [9.17, 15) is 17.6 Å². The van der Waals surface area contributed by atoms with Gasteiger partial charge in [0.25, 0.3) is 0 Å². The summed E-state index contributed by atoms with van der Waals surface area (Å²) >= 11 is 0. The molecule has 1 aliphatic rings. The van der Waals surface area contributed by atoms with Crippen LogP contribution in [0.3, 0.4) is 0 Å². The standard InChI is InChI=1S/C21H25FN2O3S/c1-28(26,27)20-9-5-17(6-10-20)15-21(25)24-12-2-11-23(13-14-24)16-18-3-7-19(22)8-4-18/h3-10H,2,11-16H2,1H3. The van der Waals surface area contributed by atoms with Crippen LogP contribution in [-0.2, 0) is 27.6 Å². The van der Waals surface area contributed by atoms with Gasteiger partial charge >= 0.3 is 0 Å². The zero-order valence-electron chi connectivity index (χ0n) is 16.0. The van der Waals surface area contributed by atoms with Gasteiger partial charge in [-0.3, -0.25) is 9.69 Å². The predicted molar refractivity (Wildman–Crippen MR) is 106 cm³/mol. The molecule has 28 heavy (non-hydrogen) atoms. The van der Waals surface area contributed by atoms with E-state index in [-0.39, 0.29) is 23.0 Å². The Kier molecular flexibility index (Phi) is 6.46. The molecule has 0 aromatic heterocycles. The van der Waals surface area contributed by atoms with Crippen LogP contribution in [0, 0.1) is 5.82 Å². The van der Waals surface area contributed by atoms with Crippen molar-refractivity contribution in [1.82, 2.24) is 9.80 Å². The van der Waals surface area contributed by atoms with Crippen molar-refractivity contribution in [2.75, 3.05) is 32.4 Å². The second kappa shape index (κ2) is 8.84. The van der Waals surface area contributed by atoms with Crippen molar-refractivity contribution < 1.29 is 17.6 Å². The van der Waals surface area contributed by atoms with Crippen LogP contribution in [0.1, 0.15) is 17.5 Å². The van der Waals surface area contributed by atoms with Crippen LogP contribution in [0.4, 0.5) is 4.39 Å². The summed E-state index contributed by atoms with van der Waals surface area (Å²) < 4.78 is 36.1. The minimum Gasteiger partial charge on any atom is -0.341 e. The van der Waals surface area contributed by atoms with Gasteiger partial charge in [-0.25, -0.2) is 12.8 Å². The molecule has 1 saturated heterocycles. The molecule has 0 N–H and O–H groups in total. The maximum atomic E-state index is 13.0. The highest BCUT2D eigenvalue weighted by atomic mass is 32.2. The van der Waals surface area contributed by atoms with Crippen molar-refractivity contribution in [1.29, 1.82) is 0 Å². The Morgan fingerprint density at radius 2 is 1.57 bits per heavy atom. The molecule has 3 rings (SSSR count). The molecule has 0 saturated carbocycles. The average molecular weight is 405 g/mol. The summed E-state index contributed by atoms with van der Waals surface area (Å²) in [5.74, 6) is -0.184. The molecular formula is C21H25FN2O3S. The first-order valence-corrected chi connectivity index (χ1v) is 11.2. The fourth-order valence-electron chi connectivity index (χ4n) is 3.37. The van der Waals surface area contributed by atoms with Crippen molar-refractivity contribution >= 4 is 15.7 Å². The van der Waals surface area contributed by atoms with Crippen LogP contribution in [0.5, 0.6) is 0 Å². The van der Waals surface area contributed by atoms with Crippen molar-refractivity contribution in [3.8, 4) is 0 Å². The van der Waals surface area contributed by atoms with Gasteiger partial charge in [-0.05, 0) is 41.8 Å². The number of benzene rings is 2. The molecule has 0 bridgehead atoms. The summed E-state index contributed by atoms with van der Waals surface area (Å²) in [7, 11) is -3.23. The van der Waals surface area contributed by atoms with Gasteiger partial charge in [-0.15, -0.1) is 0 Å². The zero-order chi connectivity index (χ0) is 20.1. The smallest absolute Gasteiger partial charge is 0.227 e. The van der Waals surface area contributed by atoms with E-state index in [1.807, 2.05) is 4.90 Å². The van der Waals surface area contributed by atoms with Crippen molar-refractivity contribution in [2.45, 2.75) is 24.3 Å². The van der Waals surface area contributed by atoms with Crippen LogP contribution < -0.4 is 0 Å². The van der Waals surface area contributed by atoms with Gasteiger partial charge < -0.3 is 4.90 Å². The quantitative estimate of drug-likeness (QED) is 0.768. The predicted octanol–water partition coefficient (Wildman–Crippen LogP) is 2.51. The molecule has 7 heteroatoms. The third kappa shape index (κ3) is 5.62. The fourth-order valence-corrected chi connectivity index (χ4v) is 4.00. The lowest BCUT2D eigenvalue weighted by atomic mass is 10.1. The van der Waals surface area contributed by atoms with Gasteiger partial charge in [0.2, 0.25) is 5.91 Å². The van der Waals surface area contributed by atoms with Crippen molar-refractivity contribution in [3.63, 3.8) is 0 Å². The molecule has 2 aromatic rings. The van der Waals surface area contributed by atoms with Gasteiger partial charge in [0.05, 0.1) is 11.3 Å². The monoisotopic (exact) mass is 404 g/mol. The molecule has 1 aliphatic heterocycles. The zero-order valence-corrected chi connectivity index (χ0v) is 16.8. The maximum Gasteiger partial charge on any atom is 0.227 e. The molecule has 1 fully saturated rings. The summed E-state index contributed by atoms with van der Waals surface area (Å²) in [6.07, 6.45) is 2.32. The first-order chi connectivity index (χ1) is 13.3. The molecular weight excluding hydrogens is 379 g/mol. The molecule has 0 spiro atoms. The number of carbonyl (C=O) groups is 1. The normalized spacial score (nSPS) is 16.0. The Labute approximate surface area is 165 Å². The summed E-state index contributed by atoms with van der Waals surface area (Å²) in [5, 5.41) is 0. The van der Waals surface area contributed by atoms with Gasteiger partial charge in [0, 0.05) is 39.0 Å². The highest BCUT2D eigenvalue weighted by Gasteiger charge is 2.19. The topological polar surface area (TPSA) is 57.7 Å². The summed E-state index contributed by atoms with van der Waals surface area (Å²) in [5.41, 5.74) is 1.87. The number of amides is 1. The Hall–Kier alpha value is -2.25. The number of carbonyl (C=O) groups excluding carboxylic acids is 1. The molecule has 5 nitrogen and oxygen atoms in total. The molecule has 1 amide bonds. The van der Waals surface area contributed by atoms with Crippen molar-refractivity contribution in [3.05, 3.63) is 65.5 Å². The molecule has 0 aliphatic carbocycles. The van der Waals surface area contributed by atoms with E-state index in [4.69, 9.17) is 0 Å². The Balaban J connectivity index is 1.54. The Morgan fingerprint density at radius 1 is 0.929 bits per heavy atom. The van der Waals surface area contributed by atoms with E-state index in [1.165, 1.54) is 18.4 Å². The van der Waals surface area contributed by atoms with E-state index in [1.54, 1.807) is 36.4 Å². The second-order valence-corrected chi connectivity index (χ2v) is 9.25. The lowest BCUT2D eigenvalue weighted by molar-refractivity contribution is -0.130. The number of sulfone groups is 1. The Morgan fingerprint density at radius 3 is 2.21 bits per heavy atom. The Bertz CT molecular complexity index is 912. The minimum absolute atomic E-state index is 0.0516. The maximum absolute atomic E-state index is 13.0. The van der Waals surface area contributed by atoms with E-state index in [0.717, 1.165) is 37.2 Å². The molecule has 2 aromatic carbocycles. The van der Waals surface area contributed by atoms with E-state index < -0.39 is 9.84 Å². The number of halogens is 1. The first kappa shape index (κ1) is 20.5. The van der Waals surface area contributed by atoms with E-state index in [0.29, 0.717) is 13.1 Å². The number of nitrogens with zero attached hydrogens (tertiary/aromatic N) is 2. The van der Waals surface area contributed by atoms with E-state index >= 15 is 0 Å². The highest BCUT2D eigenvalue weighted by Crippen LogP contribution is 2.14. The summed E-state index contributed by atoms with van der Waals surface area (Å²) in [6, 6.07) is 13.0. The molecule has 0 unspecified atom stereocenters. The number of hydrogen-bond acceptors (Lipinski definition) is 4. The largest absolute Gasteiger partial charge is 0.341 e. The lowest BCUT2D eigenvalue weighted by Crippen LogP contribution is -2.36. The van der Waals surface area contributed by atoms with Crippen LogP contribution in [0.2, 0.25) is 0 Å². The minimum atomic E-state index is -3.23. The van der Waals surface area contributed by atoms with Crippen LogP contribution in [0.15, 0.2) is 53.4 Å². The van der Waals surface area contributed by atoms with E-state index in [2.05, 4.69) is 4.90 Å². The van der Waals surface area contributed by atoms with Crippen LogP contribution in [0.25, 0.3) is 0 Å². The van der Waals surface area contributed by atoms with Gasteiger partial charge in [-0.2, -0.15) is 0 Å². The van der Waals surface area contributed by atoms with Gasteiger partial charge in [0.1, 0.15) is 5.82 Å². The lowest BCUT2D eigenvalue weighted by Gasteiger charge is -2.22. The molecule has 150 valence electrons. The molecule has 0 radical (unpaired) electrons. The highest BCUT2D eigenvalue weighted by molar-refractivity contribution is 7.90. The summed E-state index contributed by atoms with van der Waals surface area (Å²) in [4.78, 5) is 17.1. The number of hydrogen-bond donors (Lipinski definition) is 0. The SMILES string of the molecule is CS(=O)(=O)c1ccc(CC(=O)N2CCCN(Cc3ccc(F)cc3)CC2)cc1. The number of rotatable bonds is 5. The molecule has 1 heterocycles. The second-order valence-electron chi connectivity index (χ2n) is 7.23. The molecule has 0 atom stereocenters. The van der Waals surface area contributed by atoms with Crippen LogP contribution in [-0.4, -0.2) is 56.6 Å². The van der Waals surface area contributed by atoms with Gasteiger partial charge in [-0.1, -0.05) is 24.3 Å². The fraction of sp³-hybridized carbons (Fsp3) is 0.381. The van der Waals surface area contributed by atoms with Gasteiger partial charge in [0.15, 0.2) is 9.84 Å². The third-order valence-corrected chi connectivity index (χ3v) is 6.10. The van der Waals surface area contributed by atoms with Crippen LogP contribution >= 0.6 is 0 Å². The average Bonchev–Trinajstić information content (AvgIpc) is 2.89. The van der Waals surface area contributed by atoms with Crippen molar-refractivity contribution in [2.24, 2.45) is 0 Å². The first-order valence-electron chi connectivity index (χ1n) is 9.35. The summed E-state index contributed by atoms with van der Waals surface area (Å²) in [6.45, 7) is 3.78. The third-order valence-electron chi connectivity index (χ3n) is 4.97.